The monoisotopic (exact) mass is 428 g/mol. The van der Waals surface area contributed by atoms with Gasteiger partial charge in [0.05, 0.1) is 0 Å². The van der Waals surface area contributed by atoms with Gasteiger partial charge < -0.3 is 0 Å². The summed E-state index contributed by atoms with van der Waals surface area (Å²) in [4.78, 5) is 6.86. The Morgan fingerprint density at radius 3 is 1.43 bits per heavy atom. The first-order valence-electron chi connectivity index (χ1n) is 10.3. The van der Waals surface area contributed by atoms with Crippen molar-refractivity contribution in [1.29, 1.82) is 0 Å². The highest BCUT2D eigenvalue weighted by Crippen LogP contribution is 2.55. The Hall–Kier alpha value is -2.42. The molecule has 0 amide bonds. The van der Waals surface area contributed by atoms with E-state index in [1.807, 2.05) is 11.8 Å². The van der Waals surface area contributed by atoms with Crippen LogP contribution in [0.5, 0.6) is 0 Å². The van der Waals surface area contributed by atoms with Gasteiger partial charge in [0.15, 0.2) is 0 Å². The summed E-state index contributed by atoms with van der Waals surface area (Å²) in [5, 5.41) is 0. The smallest absolute Gasteiger partial charge is 0.0247 e. The van der Waals surface area contributed by atoms with Crippen molar-refractivity contribution in [1.82, 2.24) is 0 Å². The third-order valence-electron chi connectivity index (χ3n) is 5.19. The average molecular weight is 429 g/mol. The maximum Gasteiger partial charge on any atom is 0.0247 e. The maximum atomic E-state index is 2.39. The van der Waals surface area contributed by atoms with Crippen LogP contribution in [0, 0.1) is 27.7 Å². The molecule has 0 saturated heterocycles. The molecule has 152 valence electrons. The standard InChI is InChI=1S/C28H28S2/c1-20-5-12-24(13-6-20)29-27-18-11-23(4)19-28(27)30(25-14-7-21(2)8-15-25)26-16-9-22(3)10-17-26/h5-19,30H,1-4H3. The van der Waals surface area contributed by atoms with E-state index in [2.05, 4.69) is 119 Å². The molecule has 4 aromatic rings. The molecule has 2 heteroatoms. The van der Waals surface area contributed by atoms with Gasteiger partial charge in [0.25, 0.3) is 0 Å². The zero-order valence-electron chi connectivity index (χ0n) is 18.0. The van der Waals surface area contributed by atoms with E-state index in [9.17, 15) is 0 Å². The number of rotatable bonds is 5. The van der Waals surface area contributed by atoms with Crippen molar-refractivity contribution < 1.29 is 0 Å². The van der Waals surface area contributed by atoms with E-state index < -0.39 is 10.9 Å². The number of hydrogen-bond donors (Lipinski definition) is 1. The van der Waals surface area contributed by atoms with Gasteiger partial charge in [-0.3, -0.25) is 0 Å². The largest absolute Gasteiger partial charge is 0.172 e. The molecule has 0 aliphatic rings. The summed E-state index contributed by atoms with van der Waals surface area (Å²) in [7, 11) is -0.631. The first-order chi connectivity index (χ1) is 14.5. The summed E-state index contributed by atoms with van der Waals surface area (Å²) in [6.45, 7) is 8.65. The van der Waals surface area contributed by atoms with Crippen molar-refractivity contribution in [3.05, 3.63) is 113 Å². The SMILES string of the molecule is Cc1ccc(Sc2ccc(C)cc2[SH](c2ccc(C)cc2)c2ccc(C)cc2)cc1. The second-order valence-corrected chi connectivity index (χ2v) is 11.2. The number of aryl methyl sites for hydroxylation is 4. The Balaban J connectivity index is 1.85. The minimum absolute atomic E-state index is 0.631. The van der Waals surface area contributed by atoms with Gasteiger partial charge in [0, 0.05) is 14.7 Å². The van der Waals surface area contributed by atoms with E-state index in [0.29, 0.717) is 0 Å². The van der Waals surface area contributed by atoms with Gasteiger partial charge in [-0.15, -0.1) is 0 Å². The summed E-state index contributed by atoms with van der Waals surface area (Å²) in [5.74, 6) is 0. The summed E-state index contributed by atoms with van der Waals surface area (Å²) in [6.07, 6.45) is 0. The lowest BCUT2D eigenvalue weighted by Crippen LogP contribution is -1.93. The van der Waals surface area contributed by atoms with E-state index in [0.717, 1.165) is 0 Å². The van der Waals surface area contributed by atoms with E-state index in [4.69, 9.17) is 0 Å². The van der Waals surface area contributed by atoms with Crippen molar-refractivity contribution in [2.75, 3.05) is 0 Å². The molecule has 0 aliphatic carbocycles. The Morgan fingerprint density at radius 1 is 0.500 bits per heavy atom. The number of hydrogen-bond acceptors (Lipinski definition) is 1. The first-order valence-corrected chi connectivity index (χ1v) is 12.4. The van der Waals surface area contributed by atoms with E-state index in [1.54, 1.807) is 0 Å². The number of thiol groups is 1. The maximum absolute atomic E-state index is 2.39. The third kappa shape index (κ3) is 4.83. The molecule has 0 heterocycles. The minimum Gasteiger partial charge on any atom is -0.172 e. The fourth-order valence-electron chi connectivity index (χ4n) is 3.44. The molecule has 0 atom stereocenters. The van der Waals surface area contributed by atoms with Crippen LogP contribution < -0.4 is 0 Å². The Kier molecular flexibility index (Phi) is 6.36. The summed E-state index contributed by atoms with van der Waals surface area (Å²) < 4.78 is 0. The molecular weight excluding hydrogens is 400 g/mol. The van der Waals surface area contributed by atoms with E-state index >= 15 is 0 Å². The van der Waals surface area contributed by atoms with E-state index in [1.165, 1.54) is 46.7 Å². The van der Waals surface area contributed by atoms with Crippen LogP contribution in [0.3, 0.4) is 0 Å². The van der Waals surface area contributed by atoms with Crippen LogP contribution in [-0.4, -0.2) is 0 Å². The van der Waals surface area contributed by atoms with Crippen LogP contribution in [0.15, 0.2) is 115 Å². The first kappa shape index (κ1) is 20.8. The van der Waals surface area contributed by atoms with Crippen LogP contribution in [-0.2, 0) is 0 Å². The van der Waals surface area contributed by atoms with Crippen molar-refractivity contribution >= 4 is 22.7 Å². The molecule has 0 spiro atoms. The molecule has 0 bridgehead atoms. The normalized spacial score (nSPS) is 11.4. The molecule has 0 radical (unpaired) electrons. The predicted molar refractivity (Wildman–Crippen MR) is 133 cm³/mol. The lowest BCUT2D eigenvalue weighted by atomic mass is 10.2. The zero-order chi connectivity index (χ0) is 21.1. The molecule has 0 aromatic heterocycles. The van der Waals surface area contributed by atoms with E-state index in [-0.39, 0.29) is 0 Å². The van der Waals surface area contributed by atoms with Gasteiger partial charge in [-0.25, -0.2) is 0 Å². The Bertz CT molecular complexity index is 1080. The lowest BCUT2D eigenvalue weighted by molar-refractivity contribution is 1.18. The van der Waals surface area contributed by atoms with Crippen LogP contribution in [0.1, 0.15) is 22.3 Å². The molecule has 0 nitrogen and oxygen atoms in total. The van der Waals surface area contributed by atoms with Crippen molar-refractivity contribution in [3.63, 3.8) is 0 Å². The molecule has 0 unspecified atom stereocenters. The van der Waals surface area contributed by atoms with Gasteiger partial charge >= 0.3 is 0 Å². The van der Waals surface area contributed by atoms with Gasteiger partial charge in [0.1, 0.15) is 0 Å². The predicted octanol–water partition coefficient (Wildman–Crippen LogP) is 8.55. The van der Waals surface area contributed by atoms with Crippen LogP contribution >= 0.6 is 22.7 Å². The highest BCUT2D eigenvalue weighted by atomic mass is 32.2. The second kappa shape index (κ2) is 9.16. The highest BCUT2D eigenvalue weighted by molar-refractivity contribution is 8.17. The second-order valence-electron chi connectivity index (χ2n) is 7.89. The zero-order valence-corrected chi connectivity index (χ0v) is 19.7. The lowest BCUT2D eigenvalue weighted by Gasteiger charge is -2.26. The van der Waals surface area contributed by atoms with Crippen LogP contribution in [0.25, 0.3) is 0 Å². The van der Waals surface area contributed by atoms with Gasteiger partial charge in [-0.2, -0.15) is 10.9 Å². The Labute approximate surface area is 187 Å². The van der Waals surface area contributed by atoms with Crippen molar-refractivity contribution in [3.8, 4) is 0 Å². The van der Waals surface area contributed by atoms with Crippen molar-refractivity contribution in [2.45, 2.75) is 52.2 Å². The van der Waals surface area contributed by atoms with Crippen LogP contribution in [0.2, 0.25) is 0 Å². The molecule has 4 rings (SSSR count). The topological polar surface area (TPSA) is 0 Å². The molecular formula is C28H28S2. The fourth-order valence-corrected chi connectivity index (χ4v) is 7.05. The minimum atomic E-state index is -0.631. The molecule has 0 aliphatic heterocycles. The third-order valence-corrected chi connectivity index (χ3v) is 8.90. The van der Waals surface area contributed by atoms with Gasteiger partial charge in [-0.1, -0.05) is 70.9 Å². The molecule has 4 aromatic carbocycles. The summed E-state index contributed by atoms with van der Waals surface area (Å²) in [6, 6.07) is 33.9. The molecule has 0 fully saturated rings. The fraction of sp³-hybridized carbons (Fsp3) is 0.143. The van der Waals surface area contributed by atoms with Gasteiger partial charge in [0.2, 0.25) is 0 Å². The van der Waals surface area contributed by atoms with Gasteiger partial charge in [-0.05, 0) is 91.6 Å². The highest BCUT2D eigenvalue weighted by Gasteiger charge is 2.17. The summed E-state index contributed by atoms with van der Waals surface area (Å²) >= 11 is 1.87. The molecule has 0 N–H and O–H groups in total. The average Bonchev–Trinajstić information content (AvgIpc) is 2.74. The molecule has 30 heavy (non-hydrogen) atoms. The summed E-state index contributed by atoms with van der Waals surface area (Å²) in [5.41, 5.74) is 5.21. The molecule has 0 saturated carbocycles. The van der Waals surface area contributed by atoms with Crippen LogP contribution in [0.4, 0.5) is 0 Å². The number of benzene rings is 4. The quantitative estimate of drug-likeness (QED) is 0.311. The van der Waals surface area contributed by atoms with Crippen molar-refractivity contribution in [2.24, 2.45) is 0 Å². The Morgan fingerprint density at radius 2 is 0.933 bits per heavy atom.